The van der Waals surface area contributed by atoms with Crippen molar-refractivity contribution in [2.75, 3.05) is 12.3 Å². The van der Waals surface area contributed by atoms with Crippen LogP contribution in [0, 0.1) is 0 Å². The van der Waals surface area contributed by atoms with Crippen LogP contribution in [0.3, 0.4) is 0 Å². The molecule has 2 aromatic rings. The van der Waals surface area contributed by atoms with Gasteiger partial charge < -0.3 is 10.5 Å². The third-order valence-corrected chi connectivity index (χ3v) is 3.34. The largest absolute Gasteiger partial charge is 0.493 e. The number of nitrogen functional groups attached to an aromatic ring is 1. The van der Waals surface area contributed by atoms with Crippen molar-refractivity contribution in [1.82, 2.24) is 0 Å². The summed E-state index contributed by atoms with van der Waals surface area (Å²) in [4.78, 5) is 0. The van der Waals surface area contributed by atoms with Crippen molar-refractivity contribution in [2.45, 2.75) is 12.8 Å². The van der Waals surface area contributed by atoms with Gasteiger partial charge in [0.05, 0.1) is 6.61 Å². The van der Waals surface area contributed by atoms with Crippen LogP contribution in [0.25, 0.3) is 11.3 Å². The first-order valence-corrected chi connectivity index (χ1v) is 6.55. The lowest BCUT2D eigenvalue weighted by atomic mass is 9.95. The molecule has 0 aliphatic carbocycles. The Hall–Kier alpha value is -2.22. The Balaban J connectivity index is 2.02. The fraction of sp³-hybridized carbons (Fsp3) is 0.176. The molecule has 0 amide bonds. The highest BCUT2D eigenvalue weighted by Crippen LogP contribution is 2.34. The maximum absolute atomic E-state index is 7.27. The van der Waals surface area contributed by atoms with Crippen molar-refractivity contribution in [1.29, 1.82) is 0 Å². The average molecular weight is 253 g/mol. The van der Waals surface area contributed by atoms with Gasteiger partial charge in [0.25, 0.3) is 0 Å². The topological polar surface area (TPSA) is 35.2 Å². The summed E-state index contributed by atoms with van der Waals surface area (Å²) in [6.07, 6.45) is 1.99. The number of anilines is 1. The minimum atomic E-state index is 0.553. The third kappa shape index (κ3) is 2.48. The summed E-state index contributed by atoms with van der Waals surface area (Å²) in [5, 5.41) is 0. The highest BCUT2D eigenvalue weighted by Gasteiger charge is 2.17. The Morgan fingerprint density at radius 3 is 2.47 bits per heavy atom. The zero-order chi connectivity index (χ0) is 14.7. The Labute approximate surface area is 116 Å². The number of hydrogen-bond acceptors (Lipinski definition) is 2. The molecule has 0 spiro atoms. The monoisotopic (exact) mass is 253 g/mol. The minimum absolute atomic E-state index is 0.553. The van der Waals surface area contributed by atoms with E-state index in [0.717, 1.165) is 36.3 Å². The maximum atomic E-state index is 7.27. The lowest BCUT2D eigenvalue weighted by molar-refractivity contribution is 0.262. The molecule has 0 unspecified atom stereocenters. The van der Waals surface area contributed by atoms with Crippen LogP contribution < -0.4 is 5.72 Å². The zero-order valence-corrected chi connectivity index (χ0v) is 10.7. The van der Waals surface area contributed by atoms with Gasteiger partial charge in [-0.2, -0.15) is 0 Å². The average Bonchev–Trinajstić information content (AvgIpc) is 2.56. The van der Waals surface area contributed by atoms with Gasteiger partial charge in [-0.05, 0) is 30.5 Å². The molecule has 1 aliphatic heterocycles. The summed E-state index contributed by atoms with van der Waals surface area (Å²) in [7, 11) is 0. The molecule has 2 aromatic carbocycles. The van der Waals surface area contributed by atoms with E-state index in [1.165, 1.54) is 5.57 Å². The third-order valence-electron chi connectivity index (χ3n) is 3.34. The Morgan fingerprint density at radius 2 is 1.74 bits per heavy atom. The first kappa shape index (κ1) is 9.68. The quantitative estimate of drug-likeness (QED) is 0.841. The zero-order valence-electron chi connectivity index (χ0n) is 12.7. The van der Waals surface area contributed by atoms with E-state index in [4.69, 9.17) is 7.56 Å². The van der Waals surface area contributed by atoms with Crippen LogP contribution in [0.5, 0.6) is 0 Å². The number of benzene rings is 2. The molecule has 96 valence electrons. The van der Waals surface area contributed by atoms with E-state index >= 15 is 0 Å². The summed E-state index contributed by atoms with van der Waals surface area (Å²) < 4.78 is 20.4. The van der Waals surface area contributed by atoms with Gasteiger partial charge in [-0.15, -0.1) is 0 Å². The van der Waals surface area contributed by atoms with Crippen LogP contribution in [0.15, 0.2) is 54.6 Å². The predicted molar refractivity (Wildman–Crippen MR) is 79.3 cm³/mol. The molecule has 2 nitrogen and oxygen atoms in total. The van der Waals surface area contributed by atoms with E-state index in [9.17, 15) is 0 Å². The number of hydrogen-bond donors (Lipinski definition) is 1. The second-order valence-corrected chi connectivity index (χ2v) is 4.67. The molecule has 1 aliphatic rings. The molecule has 0 aromatic heterocycles. The second-order valence-electron chi connectivity index (χ2n) is 4.67. The van der Waals surface area contributed by atoms with Gasteiger partial charge in [0.15, 0.2) is 2.82 Å². The Morgan fingerprint density at radius 1 is 0.947 bits per heavy atom. The smallest absolute Gasteiger partial charge is 0.156 e. The van der Waals surface area contributed by atoms with Crippen molar-refractivity contribution >= 4 is 17.0 Å². The SMILES string of the molecule is [2H]N([2H])c1ccc(C2=C(c3ccccc3)OCCC2)cc1. The van der Waals surface area contributed by atoms with Crippen LogP contribution in [0.4, 0.5) is 5.69 Å². The van der Waals surface area contributed by atoms with Crippen molar-refractivity contribution in [2.24, 2.45) is 0 Å². The molecule has 2 N–H and O–H groups in total. The van der Waals surface area contributed by atoms with Gasteiger partial charge in [0, 0.05) is 16.8 Å². The lowest BCUT2D eigenvalue weighted by Gasteiger charge is -2.22. The second kappa shape index (κ2) is 5.19. The fourth-order valence-electron chi connectivity index (χ4n) is 2.41. The van der Waals surface area contributed by atoms with Gasteiger partial charge in [-0.3, -0.25) is 0 Å². The predicted octanol–water partition coefficient (Wildman–Crippen LogP) is 3.95. The summed E-state index contributed by atoms with van der Waals surface area (Å²) in [5.41, 5.74) is 4.56. The molecule has 1 heterocycles. The first-order valence-electron chi connectivity index (χ1n) is 7.45. The molecule has 0 saturated carbocycles. The van der Waals surface area contributed by atoms with E-state index in [0.29, 0.717) is 11.4 Å². The molecule has 0 fully saturated rings. The molecule has 0 atom stereocenters. The molecule has 0 saturated heterocycles. The van der Waals surface area contributed by atoms with Crippen molar-refractivity contribution in [3.8, 4) is 0 Å². The van der Waals surface area contributed by atoms with Crippen molar-refractivity contribution < 1.29 is 7.56 Å². The highest BCUT2D eigenvalue weighted by atomic mass is 16.5. The molecule has 19 heavy (non-hydrogen) atoms. The maximum Gasteiger partial charge on any atom is 0.156 e. The highest BCUT2D eigenvalue weighted by molar-refractivity contribution is 5.88. The lowest BCUT2D eigenvalue weighted by Crippen LogP contribution is -2.05. The van der Waals surface area contributed by atoms with Crippen LogP contribution in [0.2, 0.25) is 2.82 Å². The Bertz CT molecular complexity index is 636. The van der Waals surface area contributed by atoms with E-state index in [1.807, 2.05) is 30.3 Å². The molecule has 0 bridgehead atoms. The number of allylic oxidation sites excluding steroid dienone is 1. The Kier molecular flexibility index (Phi) is 2.64. The first-order chi connectivity index (χ1) is 10.3. The van der Waals surface area contributed by atoms with E-state index in [-0.39, 0.29) is 0 Å². The summed E-state index contributed by atoms with van der Waals surface area (Å²) in [6, 6.07) is 17.6. The number of rotatable bonds is 3. The molecule has 2 heteroatoms. The molecule has 3 rings (SSSR count). The van der Waals surface area contributed by atoms with Crippen molar-refractivity contribution in [3.63, 3.8) is 0 Å². The summed E-state index contributed by atoms with van der Waals surface area (Å²) >= 11 is 0. The number of nitrogens with two attached hydrogens (primary N) is 1. The van der Waals surface area contributed by atoms with Crippen molar-refractivity contribution in [3.05, 3.63) is 65.7 Å². The number of ether oxygens (including phenoxy) is 1. The molecular weight excluding hydrogens is 234 g/mol. The normalized spacial score (nSPS) is 16.4. The van der Waals surface area contributed by atoms with E-state index in [2.05, 4.69) is 12.1 Å². The van der Waals surface area contributed by atoms with Crippen LogP contribution >= 0.6 is 0 Å². The van der Waals surface area contributed by atoms with Gasteiger partial charge in [-0.1, -0.05) is 42.5 Å². The molecular formula is C17H17NO. The van der Waals surface area contributed by atoms with Crippen LogP contribution in [0.1, 0.15) is 24.0 Å². The standard InChI is InChI=1S/C17H17NO/c18-15-10-8-13(9-11-15)16-7-4-12-19-17(16)14-5-2-1-3-6-14/h1-3,5-6,8-11H,4,7,12,18H2/i/hD2. The molecule has 0 radical (unpaired) electrons. The fourth-order valence-corrected chi connectivity index (χ4v) is 2.41. The van der Waals surface area contributed by atoms with Gasteiger partial charge in [-0.25, -0.2) is 0 Å². The van der Waals surface area contributed by atoms with Crippen LogP contribution in [-0.4, -0.2) is 6.61 Å². The van der Waals surface area contributed by atoms with E-state index < -0.39 is 0 Å². The van der Waals surface area contributed by atoms with Gasteiger partial charge in [0.1, 0.15) is 5.76 Å². The summed E-state index contributed by atoms with van der Waals surface area (Å²) in [6.45, 7) is 0.749. The van der Waals surface area contributed by atoms with E-state index in [1.54, 1.807) is 12.1 Å². The minimum Gasteiger partial charge on any atom is -0.493 e. The van der Waals surface area contributed by atoms with Crippen LogP contribution in [-0.2, 0) is 4.74 Å². The van der Waals surface area contributed by atoms with Gasteiger partial charge >= 0.3 is 0 Å². The van der Waals surface area contributed by atoms with Gasteiger partial charge in [0.2, 0.25) is 0 Å². The summed E-state index contributed by atoms with van der Waals surface area (Å²) in [5.74, 6) is 0.947.